The van der Waals surface area contributed by atoms with Crippen molar-refractivity contribution in [3.63, 3.8) is 0 Å². The molecule has 0 bridgehead atoms. The lowest BCUT2D eigenvalue weighted by atomic mass is 9.96. The molecule has 1 atom stereocenters. The van der Waals surface area contributed by atoms with E-state index in [2.05, 4.69) is 5.10 Å². The molecule has 0 spiro atoms. The van der Waals surface area contributed by atoms with Crippen LogP contribution in [0.4, 0.5) is 23.2 Å². The maximum absolute atomic E-state index is 13.3. The van der Waals surface area contributed by atoms with Gasteiger partial charge in [0, 0.05) is 6.54 Å². The smallest absolute Gasteiger partial charge is 0.309 e. The van der Waals surface area contributed by atoms with Crippen molar-refractivity contribution in [2.75, 3.05) is 11.4 Å². The van der Waals surface area contributed by atoms with E-state index in [0.717, 1.165) is 17.8 Å². The molecule has 4 nitrogen and oxygen atoms in total. The zero-order valence-electron chi connectivity index (χ0n) is 16.5. The van der Waals surface area contributed by atoms with E-state index in [4.69, 9.17) is 11.6 Å². The monoisotopic (exact) mass is 451 g/mol. The number of fused-ring (bicyclic) bond motifs is 1. The molecule has 0 N–H and O–H groups in total. The number of halogens is 5. The highest BCUT2D eigenvalue weighted by Gasteiger charge is 2.35. The summed E-state index contributed by atoms with van der Waals surface area (Å²) < 4.78 is 54.6. The lowest BCUT2D eigenvalue weighted by molar-refractivity contribution is -0.137. The van der Waals surface area contributed by atoms with Gasteiger partial charge in [-0.05, 0) is 61.7 Å². The van der Waals surface area contributed by atoms with Gasteiger partial charge in [0.25, 0.3) is 0 Å². The Balaban J connectivity index is 1.65. The number of hydrogen-bond donors (Lipinski definition) is 0. The number of rotatable bonds is 3. The van der Waals surface area contributed by atoms with Crippen LogP contribution >= 0.6 is 11.6 Å². The molecule has 31 heavy (non-hydrogen) atoms. The maximum Gasteiger partial charge on any atom is 0.417 e. The number of alkyl halides is 3. The third-order valence-electron chi connectivity index (χ3n) is 5.44. The molecule has 0 saturated heterocycles. The standard InChI is InChI=1S/C22H18ClF4N3O/c1-13(14-4-9-18(23)17(11-14)22(25,26)27)21(31)29-10-2-3-19-20(29)12-28-30(19)16-7-5-15(24)6-8-16/h4-9,11-13H,2-3,10H2,1H3. The summed E-state index contributed by atoms with van der Waals surface area (Å²) in [6.07, 6.45) is -1.70. The van der Waals surface area contributed by atoms with Gasteiger partial charge in [0.1, 0.15) is 5.82 Å². The molecule has 0 saturated carbocycles. The van der Waals surface area contributed by atoms with Gasteiger partial charge in [0.05, 0.1) is 39.8 Å². The van der Waals surface area contributed by atoms with Gasteiger partial charge in [-0.15, -0.1) is 0 Å². The third-order valence-corrected chi connectivity index (χ3v) is 5.77. The Bertz CT molecular complexity index is 1120. The van der Waals surface area contributed by atoms with Crippen LogP contribution < -0.4 is 4.90 Å². The lowest BCUT2D eigenvalue weighted by Gasteiger charge is -2.30. The zero-order chi connectivity index (χ0) is 22.3. The molecule has 0 aliphatic carbocycles. The molecule has 1 amide bonds. The Kier molecular flexibility index (Phi) is 5.51. The summed E-state index contributed by atoms with van der Waals surface area (Å²) in [6, 6.07) is 9.38. The summed E-state index contributed by atoms with van der Waals surface area (Å²) in [5.74, 6) is -1.50. The number of aromatic nitrogens is 2. The fraction of sp³-hybridized carbons (Fsp3) is 0.273. The van der Waals surface area contributed by atoms with Crippen molar-refractivity contribution in [2.24, 2.45) is 0 Å². The van der Waals surface area contributed by atoms with Crippen molar-refractivity contribution in [1.29, 1.82) is 0 Å². The Hall–Kier alpha value is -2.87. The first kappa shape index (κ1) is 21.4. The van der Waals surface area contributed by atoms with E-state index in [1.807, 2.05) is 0 Å². The van der Waals surface area contributed by atoms with Crippen LogP contribution in [0.5, 0.6) is 0 Å². The molecule has 9 heteroatoms. The van der Waals surface area contributed by atoms with Gasteiger partial charge in [0.15, 0.2) is 0 Å². The van der Waals surface area contributed by atoms with Crippen LogP contribution in [-0.4, -0.2) is 22.2 Å². The van der Waals surface area contributed by atoms with Gasteiger partial charge in [-0.2, -0.15) is 18.3 Å². The second-order valence-corrected chi connectivity index (χ2v) is 7.82. The zero-order valence-corrected chi connectivity index (χ0v) is 17.2. The molecule has 1 aliphatic heterocycles. The van der Waals surface area contributed by atoms with E-state index in [1.165, 1.54) is 18.2 Å². The molecular weight excluding hydrogens is 434 g/mol. The van der Waals surface area contributed by atoms with Crippen molar-refractivity contribution in [1.82, 2.24) is 9.78 Å². The minimum atomic E-state index is -4.61. The van der Waals surface area contributed by atoms with E-state index in [-0.39, 0.29) is 17.3 Å². The van der Waals surface area contributed by atoms with Crippen molar-refractivity contribution in [3.8, 4) is 5.69 Å². The van der Waals surface area contributed by atoms with E-state index in [1.54, 1.807) is 34.8 Å². The number of anilines is 1. The largest absolute Gasteiger partial charge is 0.417 e. The number of hydrogen-bond acceptors (Lipinski definition) is 2. The predicted octanol–water partition coefficient (Wildman–Crippen LogP) is 5.77. The number of amides is 1. The summed E-state index contributed by atoms with van der Waals surface area (Å²) in [5, 5.41) is 3.95. The van der Waals surface area contributed by atoms with Crippen LogP contribution in [0.2, 0.25) is 5.02 Å². The normalized spacial score (nSPS) is 15.0. The van der Waals surface area contributed by atoms with Crippen LogP contribution in [0, 0.1) is 5.82 Å². The van der Waals surface area contributed by atoms with Crippen LogP contribution in [0.25, 0.3) is 5.69 Å². The second-order valence-electron chi connectivity index (χ2n) is 7.42. The van der Waals surface area contributed by atoms with Gasteiger partial charge in [-0.1, -0.05) is 17.7 Å². The third kappa shape index (κ3) is 4.04. The van der Waals surface area contributed by atoms with Crippen molar-refractivity contribution < 1.29 is 22.4 Å². The fourth-order valence-corrected chi connectivity index (χ4v) is 4.01. The molecule has 0 radical (unpaired) electrons. The average molecular weight is 452 g/mol. The molecule has 0 fully saturated rings. The van der Waals surface area contributed by atoms with Crippen LogP contribution in [0.15, 0.2) is 48.7 Å². The Labute approximate surface area is 181 Å². The second kappa shape index (κ2) is 8.00. The summed E-state index contributed by atoms with van der Waals surface area (Å²) in [7, 11) is 0. The molecule has 1 unspecified atom stereocenters. The first-order valence-electron chi connectivity index (χ1n) is 9.67. The molecule has 2 heterocycles. The molecule has 1 aromatic heterocycles. The molecule has 4 rings (SSSR count). The SMILES string of the molecule is CC(C(=O)N1CCCc2c1cnn2-c1ccc(F)cc1)c1ccc(Cl)c(C(F)(F)F)c1. The number of carbonyl (C=O) groups excluding carboxylic acids is 1. The average Bonchev–Trinajstić information content (AvgIpc) is 3.17. The number of nitrogens with zero attached hydrogens (tertiary/aromatic N) is 3. The first-order chi connectivity index (χ1) is 14.7. The van der Waals surface area contributed by atoms with Gasteiger partial charge >= 0.3 is 6.18 Å². The number of carbonyl (C=O) groups is 1. The predicted molar refractivity (Wildman–Crippen MR) is 109 cm³/mol. The van der Waals surface area contributed by atoms with Crippen LogP contribution in [0.1, 0.15) is 36.1 Å². The van der Waals surface area contributed by atoms with Gasteiger partial charge in [-0.3, -0.25) is 4.79 Å². The summed E-state index contributed by atoms with van der Waals surface area (Å²) in [6.45, 7) is 2.01. The van der Waals surface area contributed by atoms with E-state index in [9.17, 15) is 22.4 Å². The summed E-state index contributed by atoms with van der Waals surface area (Å²) in [5.41, 5.74) is 1.34. The quantitative estimate of drug-likeness (QED) is 0.474. The molecule has 1 aliphatic rings. The Morgan fingerprint density at radius 1 is 1.16 bits per heavy atom. The molecule has 3 aromatic rings. The minimum absolute atomic E-state index is 0.236. The first-order valence-corrected chi connectivity index (χ1v) is 10.1. The molecular formula is C22H18ClF4N3O. The van der Waals surface area contributed by atoms with Gasteiger partial charge in [-0.25, -0.2) is 9.07 Å². The van der Waals surface area contributed by atoms with E-state index < -0.39 is 22.7 Å². The minimum Gasteiger partial charge on any atom is -0.309 e. The fourth-order valence-electron chi connectivity index (χ4n) is 3.79. The van der Waals surface area contributed by atoms with Gasteiger partial charge in [0.2, 0.25) is 5.91 Å². The molecule has 2 aromatic carbocycles. The van der Waals surface area contributed by atoms with Crippen molar-refractivity contribution in [2.45, 2.75) is 31.9 Å². The summed E-state index contributed by atoms with van der Waals surface area (Å²) in [4.78, 5) is 14.8. The maximum atomic E-state index is 13.3. The number of benzene rings is 2. The molecule has 162 valence electrons. The van der Waals surface area contributed by atoms with Crippen molar-refractivity contribution >= 4 is 23.2 Å². The Morgan fingerprint density at radius 3 is 2.55 bits per heavy atom. The highest BCUT2D eigenvalue weighted by Crippen LogP contribution is 2.37. The van der Waals surface area contributed by atoms with Crippen LogP contribution in [-0.2, 0) is 17.4 Å². The van der Waals surface area contributed by atoms with E-state index in [0.29, 0.717) is 30.8 Å². The Morgan fingerprint density at radius 2 is 1.87 bits per heavy atom. The highest BCUT2D eigenvalue weighted by molar-refractivity contribution is 6.31. The topological polar surface area (TPSA) is 38.1 Å². The van der Waals surface area contributed by atoms with Gasteiger partial charge < -0.3 is 4.90 Å². The lowest BCUT2D eigenvalue weighted by Crippen LogP contribution is -2.38. The van der Waals surface area contributed by atoms with E-state index >= 15 is 0 Å². The van der Waals surface area contributed by atoms with Crippen LogP contribution in [0.3, 0.4) is 0 Å². The van der Waals surface area contributed by atoms with Crippen molar-refractivity contribution in [3.05, 3.63) is 76.3 Å². The summed E-state index contributed by atoms with van der Waals surface area (Å²) >= 11 is 5.70. The highest BCUT2D eigenvalue weighted by atomic mass is 35.5.